The average molecular weight is 384 g/mol. The third-order valence-corrected chi connectivity index (χ3v) is 5.51. The summed E-state index contributed by atoms with van der Waals surface area (Å²) in [5.74, 6) is 1.77. The highest BCUT2D eigenvalue weighted by Crippen LogP contribution is 2.15. The van der Waals surface area contributed by atoms with Gasteiger partial charge in [0.2, 0.25) is 5.91 Å². The Bertz CT molecular complexity index is 895. The Morgan fingerprint density at radius 2 is 1.93 bits per heavy atom. The number of hydrogen-bond acceptors (Lipinski definition) is 4. The molecule has 2 N–H and O–H groups in total. The zero-order valence-corrected chi connectivity index (χ0v) is 16.8. The van der Waals surface area contributed by atoms with E-state index in [1.807, 2.05) is 6.07 Å². The molecule has 0 saturated carbocycles. The molecule has 0 aliphatic rings. The predicted molar refractivity (Wildman–Crippen MR) is 110 cm³/mol. The van der Waals surface area contributed by atoms with E-state index in [2.05, 4.69) is 41.5 Å². The molecule has 0 saturated heterocycles. The number of carbonyl (C=O) groups is 1. The Kier molecular flexibility index (Phi) is 7.68. The minimum Gasteiger partial charge on any atom is -0.355 e. The van der Waals surface area contributed by atoms with Crippen LogP contribution in [0.15, 0.2) is 29.1 Å². The quantitative estimate of drug-likeness (QED) is 0.686. The van der Waals surface area contributed by atoms with Crippen molar-refractivity contribution >= 4 is 17.7 Å². The molecule has 142 valence electrons. The fourth-order valence-corrected chi connectivity index (χ4v) is 3.70. The molecule has 1 aromatic carbocycles. The molecule has 0 radical (unpaired) electrons. The number of aromatic nitrogens is 1. The number of hydrogen-bond donors (Lipinski definition) is 2. The minimum atomic E-state index is -0.369. The molecule has 2 rings (SSSR count). The van der Waals surface area contributed by atoms with Crippen molar-refractivity contribution < 1.29 is 4.79 Å². The molecule has 0 aliphatic carbocycles. The normalized spacial score (nSPS) is 10.4. The predicted octanol–water partition coefficient (Wildman–Crippen LogP) is 3.15. The smallest absolute Gasteiger partial charge is 0.266 e. The number of pyridine rings is 1. The Hall–Kier alpha value is -2.52. The monoisotopic (exact) mass is 383 g/mol. The molecular formula is C21H25N3O2S. The number of thioether (sulfide) groups is 1. The number of nitrogens with one attached hydrogen (secondary N) is 2. The van der Waals surface area contributed by atoms with E-state index in [0.29, 0.717) is 24.9 Å². The van der Waals surface area contributed by atoms with Crippen LogP contribution in [0.3, 0.4) is 0 Å². The fraction of sp³-hybridized carbons (Fsp3) is 0.381. The zero-order valence-electron chi connectivity index (χ0n) is 16.0. The lowest BCUT2D eigenvalue weighted by Crippen LogP contribution is -2.26. The topological polar surface area (TPSA) is 85.8 Å². The van der Waals surface area contributed by atoms with Gasteiger partial charge in [0.25, 0.3) is 5.56 Å². The van der Waals surface area contributed by atoms with Crippen LogP contribution < -0.4 is 10.9 Å². The van der Waals surface area contributed by atoms with E-state index in [1.54, 1.807) is 25.6 Å². The van der Waals surface area contributed by atoms with Gasteiger partial charge < -0.3 is 10.3 Å². The van der Waals surface area contributed by atoms with E-state index < -0.39 is 0 Å². The lowest BCUT2D eigenvalue weighted by Gasteiger charge is -2.11. The van der Waals surface area contributed by atoms with Crippen LogP contribution in [0.4, 0.5) is 0 Å². The van der Waals surface area contributed by atoms with Crippen LogP contribution in [0.25, 0.3) is 0 Å². The number of nitriles is 1. The number of benzene rings is 1. The van der Waals surface area contributed by atoms with Crippen molar-refractivity contribution in [1.29, 1.82) is 5.26 Å². The molecule has 0 spiro atoms. The number of aryl methyl sites for hydroxylation is 2. The maximum absolute atomic E-state index is 12.1. The number of aromatic amines is 1. The highest BCUT2D eigenvalue weighted by molar-refractivity contribution is 7.98. The Balaban J connectivity index is 1.74. The van der Waals surface area contributed by atoms with Gasteiger partial charge in [0.05, 0.1) is 0 Å². The van der Waals surface area contributed by atoms with Crippen LogP contribution in [0, 0.1) is 32.1 Å². The Morgan fingerprint density at radius 1 is 1.22 bits per heavy atom. The van der Waals surface area contributed by atoms with Crippen LogP contribution in [0.5, 0.6) is 0 Å². The lowest BCUT2D eigenvalue weighted by atomic mass is 9.99. The molecule has 0 bridgehead atoms. The Labute approximate surface area is 164 Å². The summed E-state index contributed by atoms with van der Waals surface area (Å²) in [6, 6.07) is 10.4. The van der Waals surface area contributed by atoms with E-state index >= 15 is 0 Å². The van der Waals surface area contributed by atoms with Crippen molar-refractivity contribution in [2.45, 2.75) is 39.4 Å². The van der Waals surface area contributed by atoms with Gasteiger partial charge in [-0.2, -0.15) is 17.0 Å². The molecule has 5 nitrogen and oxygen atoms in total. The van der Waals surface area contributed by atoms with Crippen molar-refractivity contribution in [2.24, 2.45) is 0 Å². The van der Waals surface area contributed by atoms with Crippen LogP contribution in [0.2, 0.25) is 0 Å². The van der Waals surface area contributed by atoms with Gasteiger partial charge in [-0.25, -0.2) is 0 Å². The van der Waals surface area contributed by atoms with Gasteiger partial charge in [-0.3, -0.25) is 9.59 Å². The third-order valence-electron chi connectivity index (χ3n) is 4.48. The summed E-state index contributed by atoms with van der Waals surface area (Å²) in [7, 11) is 0. The number of amides is 1. The van der Waals surface area contributed by atoms with E-state index in [-0.39, 0.29) is 17.0 Å². The molecule has 0 unspecified atom stereocenters. The van der Waals surface area contributed by atoms with Crippen molar-refractivity contribution in [2.75, 3.05) is 12.3 Å². The second kappa shape index (κ2) is 9.98. The van der Waals surface area contributed by atoms with Crippen molar-refractivity contribution in [1.82, 2.24) is 10.3 Å². The molecule has 2 aromatic rings. The molecule has 0 aliphatic heterocycles. The van der Waals surface area contributed by atoms with E-state index in [9.17, 15) is 9.59 Å². The molecule has 1 amide bonds. The number of H-pyrrole nitrogens is 1. The van der Waals surface area contributed by atoms with Gasteiger partial charge in [0, 0.05) is 30.2 Å². The first-order valence-electron chi connectivity index (χ1n) is 8.94. The van der Waals surface area contributed by atoms with Gasteiger partial charge in [0.1, 0.15) is 11.6 Å². The van der Waals surface area contributed by atoms with Crippen molar-refractivity contribution in [3.8, 4) is 6.07 Å². The van der Waals surface area contributed by atoms with Gasteiger partial charge in [-0.15, -0.1) is 0 Å². The highest BCUT2D eigenvalue weighted by atomic mass is 32.2. The SMILES string of the molecule is Cc1ccc(CSCCNC(=O)CCc2c(C)[nH]c(=O)c(C#N)c2C)cc1. The summed E-state index contributed by atoms with van der Waals surface area (Å²) >= 11 is 1.79. The van der Waals surface area contributed by atoms with Crippen LogP contribution in [-0.4, -0.2) is 23.2 Å². The molecule has 1 aromatic heterocycles. The van der Waals surface area contributed by atoms with Crippen LogP contribution >= 0.6 is 11.8 Å². The van der Waals surface area contributed by atoms with Crippen molar-refractivity contribution in [3.63, 3.8) is 0 Å². The number of carbonyl (C=O) groups excluding carboxylic acids is 1. The molecule has 6 heteroatoms. The average Bonchev–Trinajstić information content (AvgIpc) is 2.63. The maximum atomic E-state index is 12.1. The molecule has 0 atom stereocenters. The fourth-order valence-electron chi connectivity index (χ4n) is 2.88. The van der Waals surface area contributed by atoms with Crippen LogP contribution in [0.1, 0.15) is 39.9 Å². The standard InChI is InChI=1S/C21H25N3O2S/c1-14-4-6-17(7-5-14)13-27-11-10-23-20(25)9-8-18-15(2)19(12-22)21(26)24-16(18)3/h4-7H,8-11,13H2,1-3H3,(H,23,25)(H,24,26). The summed E-state index contributed by atoms with van der Waals surface area (Å²) in [5, 5.41) is 12.0. The summed E-state index contributed by atoms with van der Waals surface area (Å²) in [6.07, 6.45) is 0.840. The van der Waals surface area contributed by atoms with Crippen molar-refractivity contribution in [3.05, 3.63) is 68.1 Å². The zero-order chi connectivity index (χ0) is 19.8. The maximum Gasteiger partial charge on any atom is 0.266 e. The summed E-state index contributed by atoms with van der Waals surface area (Å²) in [4.78, 5) is 26.5. The van der Waals surface area contributed by atoms with Gasteiger partial charge >= 0.3 is 0 Å². The molecule has 0 fully saturated rings. The first kappa shape index (κ1) is 20.8. The first-order valence-corrected chi connectivity index (χ1v) is 10.1. The lowest BCUT2D eigenvalue weighted by molar-refractivity contribution is -0.120. The largest absolute Gasteiger partial charge is 0.355 e. The van der Waals surface area contributed by atoms with E-state index in [0.717, 1.165) is 22.8 Å². The highest BCUT2D eigenvalue weighted by Gasteiger charge is 2.13. The summed E-state index contributed by atoms with van der Waals surface area (Å²) in [6.45, 7) is 6.26. The minimum absolute atomic E-state index is 0.0190. The van der Waals surface area contributed by atoms with Gasteiger partial charge in [0.15, 0.2) is 0 Å². The Morgan fingerprint density at radius 3 is 2.59 bits per heavy atom. The van der Waals surface area contributed by atoms with E-state index in [1.165, 1.54) is 11.1 Å². The van der Waals surface area contributed by atoms with Gasteiger partial charge in [-0.05, 0) is 43.9 Å². The van der Waals surface area contributed by atoms with Crippen LogP contribution in [-0.2, 0) is 17.0 Å². The summed E-state index contributed by atoms with van der Waals surface area (Å²) in [5.41, 5.74) is 4.56. The summed E-state index contributed by atoms with van der Waals surface area (Å²) < 4.78 is 0. The number of nitrogens with zero attached hydrogens (tertiary/aromatic N) is 1. The first-order chi connectivity index (χ1) is 12.9. The second-order valence-corrected chi connectivity index (χ2v) is 7.66. The van der Waals surface area contributed by atoms with Gasteiger partial charge in [-0.1, -0.05) is 29.8 Å². The second-order valence-electron chi connectivity index (χ2n) is 6.56. The number of rotatable bonds is 8. The van der Waals surface area contributed by atoms with E-state index in [4.69, 9.17) is 5.26 Å². The molecule has 27 heavy (non-hydrogen) atoms. The molecular weight excluding hydrogens is 358 g/mol. The third kappa shape index (κ3) is 6.00. The molecule has 1 heterocycles.